The highest BCUT2D eigenvalue weighted by Gasteiger charge is 2.39. The molecule has 2 fully saturated rings. The Bertz CT molecular complexity index is 146. The van der Waals surface area contributed by atoms with Crippen LogP contribution in [0.4, 0.5) is 0 Å². The molecule has 2 saturated heterocycles. The maximum absolute atomic E-state index is 5.62. The van der Waals surface area contributed by atoms with Crippen molar-refractivity contribution in [3.05, 3.63) is 0 Å². The van der Waals surface area contributed by atoms with E-state index in [1.165, 1.54) is 0 Å². The van der Waals surface area contributed by atoms with Crippen molar-refractivity contribution in [1.82, 2.24) is 0 Å². The van der Waals surface area contributed by atoms with Gasteiger partial charge in [0.2, 0.25) is 0 Å². The smallest absolute Gasteiger partial charge is 0.0576 e. The summed E-state index contributed by atoms with van der Waals surface area (Å²) in [5.74, 6) is 2.12. The number of hydrogen-bond donors (Lipinski definition) is 0. The van der Waals surface area contributed by atoms with Crippen LogP contribution in [0.3, 0.4) is 0 Å². The molecule has 2 rings (SSSR count). The first-order valence-electron chi connectivity index (χ1n) is 4.48. The van der Waals surface area contributed by atoms with Gasteiger partial charge in [0.05, 0.1) is 25.9 Å². The van der Waals surface area contributed by atoms with Gasteiger partial charge in [-0.05, 0) is 18.8 Å². The quantitative estimate of drug-likeness (QED) is 0.526. The lowest BCUT2D eigenvalue weighted by atomic mass is 9.80. The van der Waals surface area contributed by atoms with Gasteiger partial charge in [-0.25, -0.2) is 0 Å². The molecule has 0 aliphatic carbocycles. The monoisotopic (exact) mass is 156 g/mol. The highest BCUT2D eigenvalue weighted by atomic mass is 16.5. The summed E-state index contributed by atoms with van der Waals surface area (Å²) in [7, 11) is 0. The van der Waals surface area contributed by atoms with Crippen LogP contribution < -0.4 is 0 Å². The molecule has 0 bridgehead atoms. The Morgan fingerprint density at radius 1 is 1.09 bits per heavy atom. The van der Waals surface area contributed by atoms with Crippen molar-refractivity contribution in [3.8, 4) is 0 Å². The van der Waals surface area contributed by atoms with E-state index >= 15 is 0 Å². The molecule has 64 valence electrons. The third-order valence-corrected chi connectivity index (χ3v) is 3.24. The Kier molecular flexibility index (Phi) is 1.90. The van der Waals surface area contributed by atoms with E-state index in [4.69, 9.17) is 9.47 Å². The van der Waals surface area contributed by atoms with E-state index < -0.39 is 0 Å². The van der Waals surface area contributed by atoms with Gasteiger partial charge >= 0.3 is 0 Å². The third kappa shape index (κ3) is 1.18. The Balaban J connectivity index is 2.06. The first kappa shape index (κ1) is 7.56. The van der Waals surface area contributed by atoms with Gasteiger partial charge in [-0.3, -0.25) is 0 Å². The molecule has 2 heterocycles. The lowest BCUT2D eigenvalue weighted by Gasteiger charge is -2.35. The highest BCUT2D eigenvalue weighted by molar-refractivity contribution is 4.85. The largest absolute Gasteiger partial charge is 0.381 e. The van der Waals surface area contributed by atoms with Crippen molar-refractivity contribution in [2.45, 2.75) is 20.0 Å². The fraction of sp³-hybridized carbons (Fsp3) is 1.00. The summed E-state index contributed by atoms with van der Waals surface area (Å²) in [6.45, 7) is 7.23. The van der Waals surface area contributed by atoms with Crippen LogP contribution in [0.25, 0.3) is 0 Å². The summed E-state index contributed by atoms with van der Waals surface area (Å²) < 4.78 is 11.1. The van der Waals surface area contributed by atoms with Crippen molar-refractivity contribution < 1.29 is 9.47 Å². The molecule has 0 saturated carbocycles. The predicted molar refractivity (Wildman–Crippen MR) is 42.4 cm³/mol. The van der Waals surface area contributed by atoms with Crippen LogP contribution in [0.15, 0.2) is 0 Å². The summed E-state index contributed by atoms with van der Waals surface area (Å²) >= 11 is 0. The zero-order chi connectivity index (χ0) is 7.84. The maximum atomic E-state index is 5.62. The summed E-state index contributed by atoms with van der Waals surface area (Å²) in [5, 5.41) is 0. The second kappa shape index (κ2) is 2.76. The van der Waals surface area contributed by atoms with Gasteiger partial charge in [-0.15, -0.1) is 0 Å². The van der Waals surface area contributed by atoms with E-state index in [0.717, 1.165) is 25.7 Å². The molecular weight excluding hydrogens is 140 g/mol. The van der Waals surface area contributed by atoms with E-state index in [2.05, 4.69) is 13.8 Å². The second-order valence-electron chi connectivity index (χ2n) is 3.86. The van der Waals surface area contributed by atoms with Crippen molar-refractivity contribution >= 4 is 0 Å². The summed E-state index contributed by atoms with van der Waals surface area (Å²) in [5.41, 5.74) is 0. The molecule has 2 nitrogen and oxygen atoms in total. The van der Waals surface area contributed by atoms with Crippen LogP contribution in [0.5, 0.6) is 0 Å². The molecule has 0 unspecified atom stereocenters. The predicted octanol–water partition coefficient (Wildman–Crippen LogP) is 1.30. The maximum Gasteiger partial charge on any atom is 0.0576 e. The normalized spacial score (nSPS) is 50.7. The van der Waals surface area contributed by atoms with Gasteiger partial charge in [0.1, 0.15) is 0 Å². The number of rotatable bonds is 0. The number of ether oxygens (including phenoxy) is 2. The minimum atomic E-state index is 0.429. The lowest BCUT2D eigenvalue weighted by Crippen LogP contribution is -2.38. The van der Waals surface area contributed by atoms with Gasteiger partial charge < -0.3 is 9.47 Å². The molecule has 0 spiro atoms. The Morgan fingerprint density at radius 2 is 1.91 bits per heavy atom. The molecular formula is C9H16O2. The van der Waals surface area contributed by atoms with Crippen LogP contribution >= 0.6 is 0 Å². The van der Waals surface area contributed by atoms with Gasteiger partial charge in [0, 0.05) is 5.92 Å². The van der Waals surface area contributed by atoms with E-state index in [0.29, 0.717) is 17.9 Å². The van der Waals surface area contributed by atoms with Crippen molar-refractivity contribution in [2.75, 3.05) is 19.8 Å². The van der Waals surface area contributed by atoms with E-state index in [-0.39, 0.29) is 0 Å². The molecule has 0 aromatic rings. The molecule has 0 amide bonds. The average molecular weight is 156 g/mol. The fourth-order valence-corrected chi connectivity index (χ4v) is 2.14. The second-order valence-corrected chi connectivity index (χ2v) is 3.86. The molecule has 2 aliphatic heterocycles. The summed E-state index contributed by atoms with van der Waals surface area (Å²) in [6.07, 6.45) is 0.429. The molecule has 0 aromatic heterocycles. The summed E-state index contributed by atoms with van der Waals surface area (Å²) in [6, 6.07) is 0. The zero-order valence-corrected chi connectivity index (χ0v) is 7.25. The summed E-state index contributed by atoms with van der Waals surface area (Å²) in [4.78, 5) is 0. The molecule has 2 aliphatic rings. The van der Waals surface area contributed by atoms with Crippen LogP contribution in [0.1, 0.15) is 13.8 Å². The van der Waals surface area contributed by atoms with Gasteiger partial charge in [0.15, 0.2) is 0 Å². The number of fused-ring (bicyclic) bond motifs is 1. The van der Waals surface area contributed by atoms with E-state index in [1.54, 1.807) is 0 Å². The molecule has 0 radical (unpaired) electrons. The molecule has 0 N–H and O–H groups in total. The Hall–Kier alpha value is -0.0800. The minimum Gasteiger partial charge on any atom is -0.381 e. The SMILES string of the molecule is C[C@@H]1[C@@H]2COC[C@@H]2CO[C@@H]1C. The molecule has 11 heavy (non-hydrogen) atoms. The van der Waals surface area contributed by atoms with Crippen LogP contribution in [-0.4, -0.2) is 25.9 Å². The van der Waals surface area contributed by atoms with Crippen LogP contribution in [-0.2, 0) is 9.47 Å². The first-order valence-corrected chi connectivity index (χ1v) is 4.48. The topological polar surface area (TPSA) is 18.5 Å². The fourth-order valence-electron chi connectivity index (χ4n) is 2.14. The van der Waals surface area contributed by atoms with Gasteiger partial charge in [-0.2, -0.15) is 0 Å². The van der Waals surface area contributed by atoms with Gasteiger partial charge in [-0.1, -0.05) is 6.92 Å². The Labute approximate surface area is 67.9 Å². The standard InChI is InChI=1S/C9H16O2/c1-6-7(2)11-4-8-3-10-5-9(6)8/h6-9H,3-5H2,1-2H3/t6-,7+,8+,9-/m0/s1. The lowest BCUT2D eigenvalue weighted by molar-refractivity contribution is -0.0603. The van der Waals surface area contributed by atoms with Crippen molar-refractivity contribution in [3.63, 3.8) is 0 Å². The van der Waals surface area contributed by atoms with Crippen molar-refractivity contribution in [2.24, 2.45) is 17.8 Å². The Morgan fingerprint density at radius 3 is 2.73 bits per heavy atom. The zero-order valence-electron chi connectivity index (χ0n) is 7.25. The van der Waals surface area contributed by atoms with Crippen LogP contribution in [0, 0.1) is 17.8 Å². The molecule has 2 heteroatoms. The van der Waals surface area contributed by atoms with Crippen molar-refractivity contribution in [1.29, 1.82) is 0 Å². The highest BCUT2D eigenvalue weighted by Crippen LogP contribution is 2.35. The third-order valence-electron chi connectivity index (χ3n) is 3.24. The number of hydrogen-bond acceptors (Lipinski definition) is 2. The minimum absolute atomic E-state index is 0.429. The molecule has 0 aromatic carbocycles. The van der Waals surface area contributed by atoms with Crippen LogP contribution in [0.2, 0.25) is 0 Å². The van der Waals surface area contributed by atoms with E-state index in [1.807, 2.05) is 0 Å². The average Bonchev–Trinajstić information content (AvgIpc) is 2.45. The van der Waals surface area contributed by atoms with E-state index in [9.17, 15) is 0 Å². The van der Waals surface area contributed by atoms with Gasteiger partial charge in [0.25, 0.3) is 0 Å². The first-order chi connectivity index (χ1) is 5.29. The molecule has 4 atom stereocenters.